The molecule has 10 rings (SSSR count). The van der Waals surface area contributed by atoms with Gasteiger partial charge in [0.2, 0.25) is 0 Å². The molecule has 0 saturated carbocycles. The van der Waals surface area contributed by atoms with Crippen LogP contribution in [0.3, 0.4) is 0 Å². The zero-order chi connectivity index (χ0) is 47.8. The van der Waals surface area contributed by atoms with Gasteiger partial charge in [0.1, 0.15) is 0 Å². The molecule has 2 saturated heterocycles. The number of piperidine rings is 2. The van der Waals surface area contributed by atoms with Crippen molar-refractivity contribution in [1.29, 1.82) is 0 Å². The maximum absolute atomic E-state index is 11.3. The normalized spacial score (nSPS) is 13.1. The van der Waals surface area contributed by atoms with Crippen LogP contribution >= 0.6 is 0 Å². The molecule has 0 spiro atoms. The molecular weight excluding hydrogens is 865 g/mol. The third-order valence-corrected chi connectivity index (χ3v) is 13.0. The van der Waals surface area contributed by atoms with Crippen LogP contribution in [0.4, 0.5) is 22.7 Å². The highest BCUT2D eigenvalue weighted by atomic mass is 16.6. The summed E-state index contributed by atoms with van der Waals surface area (Å²) in [6.45, 7) is 4.29. The van der Waals surface area contributed by atoms with Crippen molar-refractivity contribution in [3.63, 3.8) is 0 Å². The van der Waals surface area contributed by atoms with E-state index in [9.17, 15) is 20.2 Å². The molecule has 8 nitrogen and oxygen atoms in total. The molecule has 2 aliphatic heterocycles. The Bertz CT molecular complexity index is 3320. The van der Waals surface area contributed by atoms with Crippen LogP contribution in [-0.2, 0) is 0 Å². The summed E-state index contributed by atoms with van der Waals surface area (Å²) >= 11 is 0. The lowest BCUT2D eigenvalue weighted by Gasteiger charge is -2.28. The zero-order valence-electron chi connectivity index (χ0n) is 38.5. The van der Waals surface area contributed by atoms with Gasteiger partial charge in [0, 0.05) is 117 Å². The predicted molar refractivity (Wildman–Crippen MR) is 282 cm³/mol. The van der Waals surface area contributed by atoms with Crippen molar-refractivity contribution in [1.82, 2.24) is 0 Å². The molecule has 8 aromatic rings. The number of nitrogens with zero attached hydrogens (tertiary/aromatic N) is 4. The number of nitro benzene ring substituents is 2. The van der Waals surface area contributed by atoms with Gasteiger partial charge in [-0.2, -0.15) is 0 Å². The van der Waals surface area contributed by atoms with Crippen LogP contribution in [-0.4, -0.2) is 36.0 Å². The number of rotatable bonds is 5. The smallest absolute Gasteiger partial charge is 0.269 e. The van der Waals surface area contributed by atoms with Gasteiger partial charge in [-0.1, -0.05) is 71.6 Å². The molecule has 0 aliphatic carbocycles. The molecule has 8 heteroatoms. The Balaban J connectivity index is 1.11. The summed E-state index contributed by atoms with van der Waals surface area (Å²) in [5, 5.41) is 26.4. The number of nitro groups is 2. The molecule has 0 unspecified atom stereocenters. The van der Waals surface area contributed by atoms with Crippen molar-refractivity contribution in [3.8, 4) is 58.5 Å². The maximum atomic E-state index is 11.3. The van der Waals surface area contributed by atoms with Crippen LogP contribution in [0.15, 0.2) is 158 Å². The van der Waals surface area contributed by atoms with Crippen LogP contribution in [0.25, 0.3) is 32.7 Å². The Kier molecular flexibility index (Phi) is 13.1. The second kappa shape index (κ2) is 20.4. The summed E-state index contributed by atoms with van der Waals surface area (Å²) < 4.78 is 0. The van der Waals surface area contributed by atoms with Gasteiger partial charge < -0.3 is 9.80 Å². The van der Waals surface area contributed by atoms with E-state index in [1.165, 1.54) is 74.2 Å². The van der Waals surface area contributed by atoms with Gasteiger partial charge in [0.15, 0.2) is 0 Å². The highest BCUT2D eigenvalue weighted by Gasteiger charge is 2.18. The Hall–Kier alpha value is -9.08. The minimum atomic E-state index is -0.416. The van der Waals surface area contributed by atoms with E-state index < -0.39 is 9.85 Å². The van der Waals surface area contributed by atoms with E-state index in [4.69, 9.17) is 0 Å². The van der Waals surface area contributed by atoms with E-state index in [-0.39, 0.29) is 11.4 Å². The van der Waals surface area contributed by atoms with Crippen LogP contribution in [0.5, 0.6) is 0 Å². The molecule has 2 aliphatic rings. The Labute approximate surface area is 407 Å². The minimum Gasteiger partial charge on any atom is -0.372 e. The van der Waals surface area contributed by atoms with Crippen molar-refractivity contribution in [2.45, 2.75) is 38.5 Å². The van der Waals surface area contributed by atoms with Gasteiger partial charge in [0.25, 0.3) is 11.4 Å². The first-order valence-electron chi connectivity index (χ1n) is 23.7. The van der Waals surface area contributed by atoms with E-state index in [1.54, 1.807) is 24.3 Å². The third kappa shape index (κ3) is 10.2. The lowest BCUT2D eigenvalue weighted by molar-refractivity contribution is -0.385. The average molecular weight is 911 g/mol. The molecule has 0 radical (unpaired) electrons. The van der Waals surface area contributed by atoms with E-state index >= 15 is 0 Å². The number of fused-ring (bicyclic) bond motifs is 2. The van der Waals surface area contributed by atoms with Crippen molar-refractivity contribution in [2.75, 3.05) is 36.0 Å². The fourth-order valence-electron chi connectivity index (χ4n) is 9.28. The summed E-state index contributed by atoms with van der Waals surface area (Å²) in [7, 11) is 0. The quantitative estimate of drug-likeness (QED) is 0.0970. The average Bonchev–Trinajstić information content (AvgIpc) is 3.41. The van der Waals surface area contributed by atoms with Crippen LogP contribution in [0.2, 0.25) is 0 Å². The van der Waals surface area contributed by atoms with E-state index in [1.807, 2.05) is 12.1 Å². The second-order valence-corrected chi connectivity index (χ2v) is 17.6. The monoisotopic (exact) mass is 910 g/mol. The molecule has 0 N–H and O–H groups in total. The van der Waals surface area contributed by atoms with Crippen LogP contribution < -0.4 is 9.80 Å². The first-order valence-corrected chi connectivity index (χ1v) is 23.7. The standard InChI is InChI=1S/C62H46N4O4/c67-65(68)57-33-17-45(18-34-57)7-9-49-21-37-59-53(43-49)27-25-51(23-11-47-13-29-55(30-14-47)63-39-3-1-4-40-63)61(59)62-52(24-12-48-15-31-56(32-16-48)64-41-5-2-6-42-64)26-28-54-44-50(22-38-60(54)62)10-8-46-19-35-58(36-20-46)66(69)70/h13-22,25-38,43-44H,1-6,39-42H2. The maximum Gasteiger partial charge on any atom is 0.269 e. The Morgan fingerprint density at radius 2 is 0.657 bits per heavy atom. The molecule has 2 heterocycles. The lowest BCUT2D eigenvalue weighted by atomic mass is 9.86. The lowest BCUT2D eigenvalue weighted by Crippen LogP contribution is -2.29. The first kappa shape index (κ1) is 44.7. The third-order valence-electron chi connectivity index (χ3n) is 13.0. The Morgan fingerprint density at radius 3 is 1.01 bits per heavy atom. The molecule has 0 atom stereocenters. The first-order chi connectivity index (χ1) is 34.3. The van der Waals surface area contributed by atoms with Crippen molar-refractivity contribution < 1.29 is 9.85 Å². The Morgan fingerprint density at radius 1 is 0.343 bits per heavy atom. The van der Waals surface area contributed by atoms with E-state index in [2.05, 4.69) is 154 Å². The van der Waals surface area contributed by atoms with Gasteiger partial charge in [-0.15, -0.1) is 0 Å². The molecule has 70 heavy (non-hydrogen) atoms. The summed E-state index contributed by atoms with van der Waals surface area (Å²) in [5.41, 5.74) is 10.9. The van der Waals surface area contributed by atoms with E-state index in [0.29, 0.717) is 11.1 Å². The molecule has 0 bridgehead atoms. The van der Waals surface area contributed by atoms with E-state index in [0.717, 1.165) is 92.2 Å². The largest absolute Gasteiger partial charge is 0.372 e. The molecule has 8 aromatic carbocycles. The van der Waals surface area contributed by atoms with Crippen molar-refractivity contribution >= 4 is 44.3 Å². The summed E-state index contributed by atoms with van der Waals surface area (Å²) in [4.78, 5) is 26.6. The number of hydrogen-bond donors (Lipinski definition) is 0. The number of anilines is 2. The molecule has 0 aromatic heterocycles. The fraction of sp³-hybridized carbons (Fsp3) is 0.161. The minimum absolute atomic E-state index is 0.0202. The topological polar surface area (TPSA) is 92.8 Å². The summed E-state index contributed by atoms with van der Waals surface area (Å²) in [6.07, 6.45) is 7.40. The molecule has 0 amide bonds. The summed E-state index contributed by atoms with van der Waals surface area (Å²) in [6, 6.07) is 50.3. The van der Waals surface area contributed by atoms with Crippen LogP contribution in [0, 0.1) is 67.6 Å². The molecular formula is C62H46N4O4. The molecule has 2 fully saturated rings. The second-order valence-electron chi connectivity index (χ2n) is 17.6. The SMILES string of the molecule is O=[N+]([O-])c1ccc(C#Cc2ccc3c(-c4c(C#Cc5ccc(N6CCCCC6)cc5)ccc5cc(C#Cc6ccc([N+](=O)[O-])cc6)ccc45)c(C#Cc4ccc(N5CCCCC5)cc4)ccc3c2)cc1. The van der Waals surface area contributed by atoms with Crippen LogP contribution in [0.1, 0.15) is 83.0 Å². The fourth-order valence-corrected chi connectivity index (χ4v) is 9.28. The summed E-state index contributed by atoms with van der Waals surface area (Å²) in [5.74, 6) is 27.1. The highest BCUT2D eigenvalue weighted by Crippen LogP contribution is 2.40. The zero-order valence-corrected chi connectivity index (χ0v) is 38.5. The van der Waals surface area contributed by atoms with Gasteiger partial charge in [-0.05, 0) is 169 Å². The van der Waals surface area contributed by atoms with Gasteiger partial charge >= 0.3 is 0 Å². The number of hydrogen-bond acceptors (Lipinski definition) is 6. The predicted octanol–water partition coefficient (Wildman–Crippen LogP) is 13.1. The number of benzene rings is 8. The molecule has 338 valence electrons. The number of non-ortho nitro benzene ring substituents is 2. The van der Waals surface area contributed by atoms with Crippen molar-refractivity contribution in [3.05, 3.63) is 222 Å². The van der Waals surface area contributed by atoms with Gasteiger partial charge in [-0.3, -0.25) is 20.2 Å². The van der Waals surface area contributed by atoms with Gasteiger partial charge in [0.05, 0.1) is 9.85 Å². The highest BCUT2D eigenvalue weighted by molar-refractivity contribution is 6.10. The van der Waals surface area contributed by atoms with Gasteiger partial charge in [-0.25, -0.2) is 0 Å². The van der Waals surface area contributed by atoms with Crippen molar-refractivity contribution in [2.24, 2.45) is 0 Å².